The summed E-state index contributed by atoms with van der Waals surface area (Å²) in [4.78, 5) is 0. The fraction of sp³-hybridized carbons (Fsp3) is 0.333. The van der Waals surface area contributed by atoms with Gasteiger partial charge in [-0.25, -0.2) is 8.78 Å². The molecule has 0 spiro atoms. The lowest BCUT2D eigenvalue weighted by Crippen LogP contribution is -2.08. The molecule has 0 fully saturated rings. The Labute approximate surface area is 83.5 Å². The topological polar surface area (TPSA) is 20.2 Å². The van der Waals surface area contributed by atoms with Crippen molar-refractivity contribution in [2.75, 3.05) is 0 Å². The van der Waals surface area contributed by atoms with Crippen LogP contribution >= 0.6 is 15.9 Å². The monoisotopic (exact) mass is 250 g/mol. The van der Waals surface area contributed by atoms with Crippen molar-refractivity contribution in [2.45, 2.75) is 19.5 Å². The summed E-state index contributed by atoms with van der Waals surface area (Å²) in [5, 5.41) is 9.08. The molecule has 0 aliphatic carbocycles. The lowest BCUT2D eigenvalue weighted by atomic mass is 10.1. The van der Waals surface area contributed by atoms with E-state index in [0.717, 1.165) is 5.56 Å². The average molecular weight is 251 g/mol. The first kappa shape index (κ1) is 10.6. The second-order valence-electron chi connectivity index (χ2n) is 2.84. The SMILES string of the molecule is Cc1cc(Br)cc(C(O)C(F)F)c1. The van der Waals surface area contributed by atoms with Crippen LogP contribution in [0.1, 0.15) is 17.2 Å². The second-order valence-corrected chi connectivity index (χ2v) is 3.76. The molecule has 1 N–H and O–H groups in total. The molecule has 1 atom stereocenters. The molecule has 0 aromatic heterocycles. The quantitative estimate of drug-likeness (QED) is 0.856. The van der Waals surface area contributed by atoms with E-state index in [1.54, 1.807) is 19.1 Å². The molecule has 0 bridgehead atoms. The van der Waals surface area contributed by atoms with Crippen LogP contribution < -0.4 is 0 Å². The largest absolute Gasteiger partial charge is 0.382 e. The maximum absolute atomic E-state index is 12.1. The average Bonchev–Trinajstić information content (AvgIpc) is 2.01. The standard InChI is InChI=1S/C9H9BrF2O/c1-5-2-6(4-7(10)3-5)8(13)9(11)12/h2-4,8-9,13H,1H3. The molecule has 72 valence electrons. The predicted octanol–water partition coefficient (Wildman–Crippen LogP) is 3.06. The van der Waals surface area contributed by atoms with E-state index in [9.17, 15) is 8.78 Å². The molecule has 1 aromatic carbocycles. The van der Waals surface area contributed by atoms with Gasteiger partial charge in [0.05, 0.1) is 0 Å². The van der Waals surface area contributed by atoms with Gasteiger partial charge in [0.15, 0.2) is 0 Å². The zero-order valence-electron chi connectivity index (χ0n) is 6.97. The van der Waals surface area contributed by atoms with E-state index in [2.05, 4.69) is 15.9 Å². The first-order valence-electron chi connectivity index (χ1n) is 3.74. The summed E-state index contributed by atoms with van der Waals surface area (Å²) < 4.78 is 24.9. The van der Waals surface area contributed by atoms with Crippen LogP contribution in [-0.4, -0.2) is 11.5 Å². The lowest BCUT2D eigenvalue weighted by Gasteiger charge is -2.10. The van der Waals surface area contributed by atoms with E-state index in [1.165, 1.54) is 6.07 Å². The summed E-state index contributed by atoms with van der Waals surface area (Å²) in [6.45, 7) is 1.78. The van der Waals surface area contributed by atoms with Crippen LogP contribution in [0.3, 0.4) is 0 Å². The maximum atomic E-state index is 12.1. The van der Waals surface area contributed by atoms with Gasteiger partial charge >= 0.3 is 0 Å². The van der Waals surface area contributed by atoms with Gasteiger partial charge in [-0.3, -0.25) is 0 Å². The first-order chi connectivity index (χ1) is 6.00. The Morgan fingerprint density at radius 3 is 2.38 bits per heavy atom. The Bertz CT molecular complexity index is 281. The molecular formula is C9H9BrF2O. The minimum Gasteiger partial charge on any atom is -0.382 e. The molecular weight excluding hydrogens is 242 g/mol. The second kappa shape index (κ2) is 4.15. The molecule has 0 heterocycles. The summed E-state index contributed by atoms with van der Waals surface area (Å²) in [6, 6.07) is 4.83. The fourth-order valence-electron chi connectivity index (χ4n) is 1.08. The number of rotatable bonds is 2. The zero-order chi connectivity index (χ0) is 10.0. The van der Waals surface area contributed by atoms with Gasteiger partial charge < -0.3 is 5.11 Å². The van der Waals surface area contributed by atoms with E-state index in [4.69, 9.17) is 5.11 Å². The van der Waals surface area contributed by atoms with Gasteiger partial charge in [-0.2, -0.15) is 0 Å². The van der Waals surface area contributed by atoms with E-state index in [-0.39, 0.29) is 5.56 Å². The summed E-state index contributed by atoms with van der Waals surface area (Å²) in [5.74, 6) is 0. The Morgan fingerprint density at radius 2 is 1.92 bits per heavy atom. The Hall–Kier alpha value is -0.480. The van der Waals surface area contributed by atoms with Crippen molar-refractivity contribution in [3.05, 3.63) is 33.8 Å². The van der Waals surface area contributed by atoms with Crippen LogP contribution in [0, 0.1) is 6.92 Å². The van der Waals surface area contributed by atoms with Crippen LogP contribution in [0.15, 0.2) is 22.7 Å². The van der Waals surface area contributed by atoms with Crippen molar-refractivity contribution in [1.29, 1.82) is 0 Å². The van der Waals surface area contributed by atoms with Crippen LogP contribution in [0.2, 0.25) is 0 Å². The van der Waals surface area contributed by atoms with Gasteiger partial charge in [0.1, 0.15) is 6.10 Å². The number of aryl methyl sites for hydroxylation is 1. The highest BCUT2D eigenvalue weighted by Crippen LogP contribution is 2.24. The van der Waals surface area contributed by atoms with Gasteiger partial charge in [-0.15, -0.1) is 0 Å². The van der Waals surface area contributed by atoms with Crippen molar-refractivity contribution in [2.24, 2.45) is 0 Å². The maximum Gasteiger partial charge on any atom is 0.268 e. The molecule has 1 nitrogen and oxygen atoms in total. The van der Waals surface area contributed by atoms with Crippen LogP contribution in [-0.2, 0) is 0 Å². The third-order valence-electron chi connectivity index (χ3n) is 1.64. The van der Waals surface area contributed by atoms with Crippen LogP contribution in [0.5, 0.6) is 0 Å². The summed E-state index contributed by atoms with van der Waals surface area (Å²) >= 11 is 3.17. The number of hydrogen-bond donors (Lipinski definition) is 1. The molecule has 1 aromatic rings. The van der Waals surface area contributed by atoms with Gasteiger partial charge in [0.2, 0.25) is 0 Å². The molecule has 1 rings (SSSR count). The molecule has 0 amide bonds. The molecule has 0 saturated heterocycles. The molecule has 0 radical (unpaired) electrons. The van der Waals surface area contributed by atoms with E-state index in [0.29, 0.717) is 4.47 Å². The number of benzene rings is 1. The highest BCUT2D eigenvalue weighted by Gasteiger charge is 2.19. The smallest absolute Gasteiger partial charge is 0.268 e. The summed E-state index contributed by atoms with van der Waals surface area (Å²) in [5.41, 5.74) is 1.07. The molecule has 13 heavy (non-hydrogen) atoms. The fourth-order valence-corrected chi connectivity index (χ4v) is 1.71. The van der Waals surface area contributed by atoms with Crippen LogP contribution in [0.25, 0.3) is 0 Å². The van der Waals surface area contributed by atoms with Gasteiger partial charge in [0, 0.05) is 4.47 Å². The van der Waals surface area contributed by atoms with E-state index >= 15 is 0 Å². The van der Waals surface area contributed by atoms with Crippen molar-refractivity contribution in [3.63, 3.8) is 0 Å². The zero-order valence-corrected chi connectivity index (χ0v) is 8.55. The molecule has 1 unspecified atom stereocenters. The van der Waals surface area contributed by atoms with E-state index < -0.39 is 12.5 Å². The lowest BCUT2D eigenvalue weighted by molar-refractivity contribution is -0.00583. The third kappa shape index (κ3) is 2.74. The van der Waals surface area contributed by atoms with Crippen molar-refractivity contribution in [1.82, 2.24) is 0 Å². The minimum atomic E-state index is -2.74. The molecule has 0 aliphatic rings. The number of aliphatic hydroxyl groups is 1. The number of alkyl halides is 2. The first-order valence-corrected chi connectivity index (χ1v) is 4.53. The van der Waals surface area contributed by atoms with Gasteiger partial charge in [0.25, 0.3) is 6.43 Å². The highest BCUT2D eigenvalue weighted by molar-refractivity contribution is 9.10. The van der Waals surface area contributed by atoms with Crippen molar-refractivity contribution >= 4 is 15.9 Å². The summed E-state index contributed by atoms with van der Waals surface area (Å²) in [6.07, 6.45) is -4.44. The summed E-state index contributed by atoms with van der Waals surface area (Å²) in [7, 11) is 0. The van der Waals surface area contributed by atoms with Gasteiger partial charge in [-0.1, -0.05) is 22.0 Å². The van der Waals surface area contributed by atoms with E-state index in [1.807, 2.05) is 0 Å². The molecule has 4 heteroatoms. The third-order valence-corrected chi connectivity index (χ3v) is 2.10. The Morgan fingerprint density at radius 1 is 1.31 bits per heavy atom. The Balaban J connectivity index is 3.01. The molecule has 0 aliphatic heterocycles. The molecule has 0 saturated carbocycles. The number of aliphatic hydroxyl groups excluding tert-OH is 1. The number of hydrogen-bond acceptors (Lipinski definition) is 1. The normalized spacial score (nSPS) is 13.4. The predicted molar refractivity (Wildman–Crippen MR) is 49.8 cm³/mol. The van der Waals surface area contributed by atoms with Crippen molar-refractivity contribution in [3.8, 4) is 0 Å². The van der Waals surface area contributed by atoms with Gasteiger partial charge in [-0.05, 0) is 30.2 Å². The van der Waals surface area contributed by atoms with Crippen LogP contribution in [0.4, 0.5) is 8.78 Å². The highest BCUT2D eigenvalue weighted by atomic mass is 79.9. The minimum absolute atomic E-state index is 0.238. The van der Waals surface area contributed by atoms with Crippen molar-refractivity contribution < 1.29 is 13.9 Å². The Kier molecular flexibility index (Phi) is 3.39. The number of halogens is 3.